The summed E-state index contributed by atoms with van der Waals surface area (Å²) in [5, 5.41) is 3.36. The molecule has 40 heavy (non-hydrogen) atoms. The topological polar surface area (TPSA) is 81.2 Å². The number of carbonyl (C=O) groups excluding carboxylic acids is 2. The van der Waals surface area contributed by atoms with Gasteiger partial charge in [-0.3, -0.25) is 9.59 Å². The van der Waals surface area contributed by atoms with Gasteiger partial charge in [-0.15, -0.1) is 11.6 Å². The lowest BCUT2D eigenvalue weighted by atomic mass is 10.1. The van der Waals surface area contributed by atoms with E-state index in [0.717, 1.165) is 24.3 Å². The Morgan fingerprint density at radius 3 is 2.70 bits per heavy atom. The first-order valence-electron chi connectivity index (χ1n) is 13.5. The number of ether oxygens (including phenoxy) is 1. The number of fused-ring (bicyclic) bond motifs is 2. The highest BCUT2D eigenvalue weighted by molar-refractivity contribution is 6.18. The number of halogens is 1. The second kappa shape index (κ2) is 11.7. The maximum atomic E-state index is 13.3. The van der Waals surface area contributed by atoms with Gasteiger partial charge in [0.05, 0.1) is 41.1 Å². The molecule has 1 fully saturated rings. The summed E-state index contributed by atoms with van der Waals surface area (Å²) in [6.07, 6.45) is 2.63. The Labute approximate surface area is 240 Å². The lowest BCUT2D eigenvalue weighted by Crippen LogP contribution is -2.37. The first kappa shape index (κ1) is 27.7. The van der Waals surface area contributed by atoms with E-state index in [-0.39, 0.29) is 11.8 Å². The van der Waals surface area contributed by atoms with E-state index in [2.05, 4.69) is 22.2 Å². The minimum Gasteiger partial charge on any atom is -0.492 e. The van der Waals surface area contributed by atoms with Crippen LogP contribution >= 0.6 is 11.6 Å². The van der Waals surface area contributed by atoms with Crippen molar-refractivity contribution >= 4 is 52.0 Å². The van der Waals surface area contributed by atoms with E-state index in [1.807, 2.05) is 66.2 Å². The zero-order valence-corrected chi connectivity index (χ0v) is 24.1. The number of pyridine rings is 1. The molecule has 2 amide bonds. The summed E-state index contributed by atoms with van der Waals surface area (Å²) in [6, 6.07) is 15.3. The average molecular weight is 563 g/mol. The number of rotatable bonds is 8. The van der Waals surface area contributed by atoms with Gasteiger partial charge in [0.15, 0.2) is 0 Å². The maximum Gasteiger partial charge on any atom is 0.260 e. The van der Waals surface area contributed by atoms with Crippen molar-refractivity contribution in [1.82, 2.24) is 14.8 Å². The summed E-state index contributed by atoms with van der Waals surface area (Å²) in [7, 11) is 5.75. The molecule has 0 radical (unpaired) electrons. The Morgan fingerprint density at radius 1 is 1.12 bits per heavy atom. The van der Waals surface area contributed by atoms with Gasteiger partial charge in [0, 0.05) is 57.3 Å². The lowest BCUT2D eigenvalue weighted by molar-refractivity contribution is 0.0780. The van der Waals surface area contributed by atoms with E-state index in [0.29, 0.717) is 65.7 Å². The molecule has 3 heterocycles. The number of likely N-dealkylation sites (tertiary alicyclic amines) is 1. The highest BCUT2D eigenvalue weighted by Gasteiger charge is 2.30. The Hall–Kier alpha value is -3.82. The molecule has 2 aliphatic rings. The van der Waals surface area contributed by atoms with Crippen LogP contribution in [0.5, 0.6) is 5.75 Å². The van der Waals surface area contributed by atoms with E-state index < -0.39 is 0 Å². The van der Waals surface area contributed by atoms with Crippen LogP contribution in [0, 0.1) is 0 Å². The van der Waals surface area contributed by atoms with Crippen LogP contribution in [0.1, 0.15) is 34.1 Å². The number of anilines is 5. The van der Waals surface area contributed by atoms with E-state index in [1.165, 1.54) is 0 Å². The third-order valence-electron chi connectivity index (χ3n) is 7.69. The van der Waals surface area contributed by atoms with Crippen molar-refractivity contribution in [3.05, 3.63) is 65.9 Å². The van der Waals surface area contributed by atoms with Crippen molar-refractivity contribution in [2.75, 3.05) is 68.4 Å². The monoisotopic (exact) mass is 562 g/mol. The smallest absolute Gasteiger partial charge is 0.260 e. The van der Waals surface area contributed by atoms with Crippen LogP contribution in [0.2, 0.25) is 0 Å². The molecule has 210 valence electrons. The van der Waals surface area contributed by atoms with E-state index in [9.17, 15) is 9.59 Å². The fraction of sp³-hybridized carbons (Fsp3) is 0.367. The molecule has 9 nitrogen and oxygen atoms in total. The lowest BCUT2D eigenvalue weighted by Gasteiger charge is -2.24. The Morgan fingerprint density at radius 2 is 1.93 bits per heavy atom. The van der Waals surface area contributed by atoms with Crippen molar-refractivity contribution in [3.8, 4) is 5.75 Å². The standard InChI is InChI=1S/C30H35ClN6O3/c1-5-40-27-16-20(29(38)37-14-12-21(19-37)34(2)15-13-31)10-11-23(27)33-28-17-25-26(18-32-28)36(4)30(39)22-8-6-7-9-24(22)35(25)3/h6-11,16-18,21H,5,12-15,19H2,1-4H3,(H,32,33)/t21-/m1/s1. The number of hydrogen-bond acceptors (Lipinski definition) is 7. The van der Waals surface area contributed by atoms with Crippen molar-refractivity contribution in [2.24, 2.45) is 0 Å². The Bertz CT molecular complexity index is 1420. The highest BCUT2D eigenvalue weighted by Crippen LogP contribution is 2.40. The molecule has 2 aromatic carbocycles. The van der Waals surface area contributed by atoms with Crippen LogP contribution in [0.4, 0.5) is 28.6 Å². The molecule has 1 saturated heterocycles. The molecular weight excluding hydrogens is 528 g/mol. The minimum atomic E-state index is -0.0855. The third kappa shape index (κ3) is 5.31. The molecule has 0 aliphatic carbocycles. The van der Waals surface area contributed by atoms with Gasteiger partial charge in [-0.1, -0.05) is 12.1 Å². The molecule has 1 atom stereocenters. The normalized spacial score (nSPS) is 16.6. The zero-order valence-electron chi connectivity index (χ0n) is 23.4. The number of alkyl halides is 1. The van der Waals surface area contributed by atoms with Crippen LogP contribution < -0.4 is 19.9 Å². The van der Waals surface area contributed by atoms with E-state index in [4.69, 9.17) is 16.3 Å². The van der Waals surface area contributed by atoms with Crippen molar-refractivity contribution in [2.45, 2.75) is 19.4 Å². The first-order valence-corrected chi connectivity index (χ1v) is 14.1. The van der Waals surface area contributed by atoms with Crippen LogP contribution in [0.3, 0.4) is 0 Å². The number of carbonyl (C=O) groups is 2. The molecule has 3 aromatic rings. The van der Waals surface area contributed by atoms with Gasteiger partial charge < -0.3 is 29.7 Å². The van der Waals surface area contributed by atoms with Gasteiger partial charge in [0.25, 0.3) is 11.8 Å². The van der Waals surface area contributed by atoms with Gasteiger partial charge in [-0.05, 0) is 50.7 Å². The summed E-state index contributed by atoms with van der Waals surface area (Å²) in [5.41, 5.74) is 4.29. The van der Waals surface area contributed by atoms with Gasteiger partial charge in [-0.2, -0.15) is 0 Å². The van der Waals surface area contributed by atoms with Crippen LogP contribution in [0.15, 0.2) is 54.7 Å². The third-order valence-corrected chi connectivity index (χ3v) is 7.86. The number of likely N-dealkylation sites (N-methyl/N-ethyl adjacent to an activating group) is 1. The highest BCUT2D eigenvalue weighted by atomic mass is 35.5. The first-order chi connectivity index (χ1) is 19.3. The number of hydrogen-bond donors (Lipinski definition) is 1. The molecule has 0 spiro atoms. The van der Waals surface area contributed by atoms with Crippen LogP contribution in [-0.4, -0.2) is 85.9 Å². The zero-order chi connectivity index (χ0) is 28.4. The number of amides is 2. The number of benzene rings is 2. The van der Waals surface area contributed by atoms with E-state index in [1.54, 1.807) is 24.2 Å². The van der Waals surface area contributed by atoms with Crippen LogP contribution in [-0.2, 0) is 0 Å². The van der Waals surface area contributed by atoms with Crippen LogP contribution in [0.25, 0.3) is 0 Å². The molecule has 0 saturated carbocycles. The quantitative estimate of drug-likeness (QED) is 0.388. The molecule has 5 rings (SSSR count). The summed E-state index contributed by atoms with van der Waals surface area (Å²) in [5.74, 6) is 1.65. The molecular formula is C30H35ClN6O3. The largest absolute Gasteiger partial charge is 0.492 e. The Kier molecular flexibility index (Phi) is 8.14. The fourth-order valence-electron chi connectivity index (χ4n) is 5.36. The van der Waals surface area contributed by atoms with Gasteiger partial charge >= 0.3 is 0 Å². The number of para-hydroxylation sites is 1. The summed E-state index contributed by atoms with van der Waals surface area (Å²) in [6.45, 7) is 4.56. The maximum absolute atomic E-state index is 13.3. The molecule has 1 N–H and O–H groups in total. The molecule has 1 aromatic heterocycles. The summed E-state index contributed by atoms with van der Waals surface area (Å²) >= 11 is 5.91. The van der Waals surface area contributed by atoms with E-state index >= 15 is 0 Å². The predicted molar refractivity (Wildman–Crippen MR) is 160 cm³/mol. The predicted octanol–water partition coefficient (Wildman–Crippen LogP) is 4.97. The molecule has 10 heteroatoms. The number of aromatic nitrogens is 1. The fourth-order valence-corrected chi connectivity index (χ4v) is 5.62. The SMILES string of the molecule is CCOc1cc(C(=O)N2CC[C@@H](N(C)CCCl)C2)ccc1Nc1cc2c(cn1)N(C)C(=O)c1ccccc1N2C. The van der Waals surface area contributed by atoms with Crippen molar-refractivity contribution in [3.63, 3.8) is 0 Å². The molecule has 0 unspecified atom stereocenters. The average Bonchev–Trinajstić information content (AvgIpc) is 3.45. The number of nitrogens with one attached hydrogen (secondary N) is 1. The van der Waals surface area contributed by atoms with Crippen molar-refractivity contribution < 1.29 is 14.3 Å². The minimum absolute atomic E-state index is 0.00886. The molecule has 2 aliphatic heterocycles. The van der Waals surface area contributed by atoms with Gasteiger partial charge in [0.1, 0.15) is 11.6 Å². The summed E-state index contributed by atoms with van der Waals surface area (Å²) in [4.78, 5) is 38.8. The Balaban J connectivity index is 1.39. The van der Waals surface area contributed by atoms with Crippen molar-refractivity contribution in [1.29, 1.82) is 0 Å². The van der Waals surface area contributed by atoms with Gasteiger partial charge in [-0.25, -0.2) is 4.98 Å². The molecule has 0 bridgehead atoms. The number of nitrogens with zero attached hydrogens (tertiary/aromatic N) is 5. The second-order valence-electron chi connectivity index (χ2n) is 10.1. The van der Waals surface area contributed by atoms with Gasteiger partial charge in [0.2, 0.25) is 0 Å². The second-order valence-corrected chi connectivity index (χ2v) is 10.5. The summed E-state index contributed by atoms with van der Waals surface area (Å²) < 4.78 is 5.94.